The van der Waals surface area contributed by atoms with Crippen molar-refractivity contribution in [2.24, 2.45) is 22.6 Å². The first-order valence-corrected chi connectivity index (χ1v) is 9.81. The normalized spacial score (nSPS) is 22.2. The Morgan fingerprint density at radius 2 is 1.72 bits per heavy atom. The second kappa shape index (κ2) is 8.88. The molecule has 2 aliphatic heterocycles. The van der Waals surface area contributed by atoms with Crippen molar-refractivity contribution < 1.29 is 4.79 Å². The summed E-state index contributed by atoms with van der Waals surface area (Å²) in [6.07, 6.45) is 4.61. The number of nitrogens with one attached hydrogen (secondary N) is 1. The van der Waals surface area contributed by atoms with Crippen molar-refractivity contribution >= 4 is 11.9 Å². The van der Waals surface area contributed by atoms with Crippen LogP contribution >= 0.6 is 0 Å². The minimum atomic E-state index is -0.159. The number of guanidine groups is 1. The van der Waals surface area contributed by atoms with Gasteiger partial charge in [-0.1, -0.05) is 6.92 Å². The summed E-state index contributed by atoms with van der Waals surface area (Å²) in [6, 6.07) is 0. The van der Waals surface area contributed by atoms with Crippen LogP contribution in [0.15, 0.2) is 4.99 Å². The van der Waals surface area contributed by atoms with Crippen molar-refractivity contribution in [3.63, 3.8) is 0 Å². The lowest BCUT2D eigenvalue weighted by molar-refractivity contribution is -0.124. The van der Waals surface area contributed by atoms with Crippen molar-refractivity contribution in [1.29, 1.82) is 0 Å². The molecule has 0 aliphatic carbocycles. The Bertz CT molecular complexity index is 455. The molecular weight excluding hydrogens is 314 g/mol. The molecule has 3 N–H and O–H groups in total. The van der Waals surface area contributed by atoms with Crippen molar-refractivity contribution in [3.8, 4) is 0 Å². The first kappa shape index (κ1) is 20.0. The van der Waals surface area contributed by atoms with E-state index in [1.807, 2.05) is 20.8 Å². The lowest BCUT2D eigenvalue weighted by atomic mass is 9.97. The summed E-state index contributed by atoms with van der Waals surface area (Å²) >= 11 is 0. The van der Waals surface area contributed by atoms with Crippen LogP contribution in [0.2, 0.25) is 0 Å². The topological polar surface area (TPSA) is 74.0 Å². The Hall–Kier alpha value is -1.30. The van der Waals surface area contributed by atoms with E-state index < -0.39 is 0 Å². The summed E-state index contributed by atoms with van der Waals surface area (Å²) in [6.45, 7) is 13.7. The number of likely N-dealkylation sites (tertiary alicyclic amines) is 2. The molecule has 0 spiro atoms. The van der Waals surface area contributed by atoms with Gasteiger partial charge in [-0.05, 0) is 71.4 Å². The largest absolute Gasteiger partial charge is 0.370 e. The van der Waals surface area contributed by atoms with Gasteiger partial charge in [0.1, 0.15) is 0 Å². The Labute approximate surface area is 153 Å². The maximum absolute atomic E-state index is 12.0. The molecular formula is C19H37N5O. The van der Waals surface area contributed by atoms with Gasteiger partial charge >= 0.3 is 0 Å². The Balaban J connectivity index is 1.68. The molecule has 2 rings (SSSR count). The van der Waals surface area contributed by atoms with E-state index in [9.17, 15) is 4.79 Å². The lowest BCUT2D eigenvalue weighted by Gasteiger charge is -2.33. The van der Waals surface area contributed by atoms with Crippen molar-refractivity contribution in [1.82, 2.24) is 15.1 Å². The summed E-state index contributed by atoms with van der Waals surface area (Å²) in [5, 5.41) is 3.03. The highest BCUT2D eigenvalue weighted by Crippen LogP contribution is 2.18. The first-order chi connectivity index (χ1) is 11.7. The van der Waals surface area contributed by atoms with Crippen LogP contribution in [-0.4, -0.2) is 66.5 Å². The van der Waals surface area contributed by atoms with Gasteiger partial charge in [0.15, 0.2) is 5.96 Å². The average Bonchev–Trinajstić information content (AvgIpc) is 2.53. The van der Waals surface area contributed by atoms with Gasteiger partial charge in [0, 0.05) is 25.2 Å². The number of amides is 1. The van der Waals surface area contributed by atoms with Crippen LogP contribution < -0.4 is 11.1 Å². The van der Waals surface area contributed by atoms with E-state index in [-0.39, 0.29) is 11.4 Å². The molecule has 1 amide bonds. The number of hydrogen-bond donors (Lipinski definition) is 2. The predicted molar refractivity (Wildman–Crippen MR) is 104 cm³/mol. The fraction of sp³-hybridized carbons (Fsp3) is 0.895. The van der Waals surface area contributed by atoms with Crippen molar-refractivity contribution in [3.05, 3.63) is 0 Å². The van der Waals surface area contributed by atoms with E-state index in [1.165, 1.54) is 12.8 Å². The van der Waals surface area contributed by atoms with Gasteiger partial charge in [-0.25, -0.2) is 0 Å². The van der Waals surface area contributed by atoms with Gasteiger partial charge in [-0.3, -0.25) is 14.7 Å². The zero-order valence-corrected chi connectivity index (χ0v) is 16.6. The average molecular weight is 352 g/mol. The lowest BCUT2D eigenvalue weighted by Crippen LogP contribution is -2.47. The summed E-state index contributed by atoms with van der Waals surface area (Å²) in [5.74, 6) is 2.24. The molecule has 6 nitrogen and oxygen atoms in total. The van der Waals surface area contributed by atoms with Crippen LogP contribution in [0, 0.1) is 11.8 Å². The zero-order valence-electron chi connectivity index (χ0n) is 16.6. The fourth-order valence-corrected chi connectivity index (χ4v) is 3.55. The van der Waals surface area contributed by atoms with Gasteiger partial charge in [-0.2, -0.15) is 0 Å². The molecule has 0 radical (unpaired) electrons. The third-order valence-corrected chi connectivity index (χ3v) is 5.21. The fourth-order valence-electron chi connectivity index (χ4n) is 3.55. The summed E-state index contributed by atoms with van der Waals surface area (Å²) in [7, 11) is 0. The Morgan fingerprint density at radius 3 is 2.28 bits per heavy atom. The van der Waals surface area contributed by atoms with E-state index in [4.69, 9.17) is 5.73 Å². The molecule has 2 heterocycles. The van der Waals surface area contributed by atoms with Gasteiger partial charge in [-0.15, -0.1) is 0 Å². The molecule has 0 bridgehead atoms. The standard InChI is InChI=1S/C19H37N5O/c1-15-5-11-24(12-6-15)18(20)21-13-16-7-9-23(10-8-16)14-17(25)22-19(2,3)4/h15-16H,5-14H2,1-4H3,(H2,20,21)(H,22,25). The highest BCUT2D eigenvalue weighted by molar-refractivity contribution is 5.79. The summed E-state index contributed by atoms with van der Waals surface area (Å²) in [4.78, 5) is 21.2. The highest BCUT2D eigenvalue weighted by atomic mass is 16.2. The monoisotopic (exact) mass is 351 g/mol. The zero-order chi connectivity index (χ0) is 18.4. The first-order valence-electron chi connectivity index (χ1n) is 9.81. The number of nitrogens with two attached hydrogens (primary N) is 1. The Kier molecular flexibility index (Phi) is 7.11. The molecule has 2 saturated heterocycles. The molecule has 25 heavy (non-hydrogen) atoms. The van der Waals surface area contributed by atoms with Crippen molar-refractivity contribution in [2.75, 3.05) is 39.3 Å². The number of nitrogens with zero attached hydrogens (tertiary/aromatic N) is 3. The van der Waals surface area contributed by atoms with E-state index in [2.05, 4.69) is 27.0 Å². The van der Waals surface area contributed by atoms with Crippen LogP contribution in [0.3, 0.4) is 0 Å². The van der Waals surface area contributed by atoms with E-state index >= 15 is 0 Å². The number of rotatable bonds is 4. The van der Waals surface area contributed by atoms with Crippen LogP contribution in [0.5, 0.6) is 0 Å². The molecule has 6 heteroatoms. The SMILES string of the molecule is CC1CCN(C(N)=NCC2CCN(CC(=O)NC(C)(C)C)CC2)CC1. The van der Waals surface area contributed by atoms with E-state index in [0.29, 0.717) is 12.5 Å². The summed E-state index contributed by atoms with van der Waals surface area (Å²) in [5.41, 5.74) is 6.02. The predicted octanol–water partition coefficient (Wildman–Crippen LogP) is 1.66. The molecule has 144 valence electrons. The third kappa shape index (κ3) is 7.22. The van der Waals surface area contributed by atoms with Gasteiger partial charge < -0.3 is 16.0 Å². The quantitative estimate of drug-likeness (QED) is 0.597. The molecule has 0 saturated carbocycles. The minimum absolute atomic E-state index is 0.118. The van der Waals surface area contributed by atoms with Gasteiger partial charge in [0.25, 0.3) is 0 Å². The summed E-state index contributed by atoms with van der Waals surface area (Å²) < 4.78 is 0. The van der Waals surface area contributed by atoms with E-state index in [1.54, 1.807) is 0 Å². The molecule has 0 aromatic carbocycles. The second-order valence-electron chi connectivity index (χ2n) is 8.89. The maximum Gasteiger partial charge on any atom is 0.234 e. The number of carbonyl (C=O) groups is 1. The highest BCUT2D eigenvalue weighted by Gasteiger charge is 2.23. The molecule has 0 atom stereocenters. The molecule has 0 aromatic heterocycles. The third-order valence-electron chi connectivity index (χ3n) is 5.21. The number of carbonyl (C=O) groups excluding carboxylic acids is 1. The van der Waals surface area contributed by atoms with Crippen LogP contribution in [0.1, 0.15) is 53.4 Å². The number of piperidine rings is 2. The smallest absolute Gasteiger partial charge is 0.234 e. The van der Waals surface area contributed by atoms with Crippen molar-refractivity contribution in [2.45, 2.75) is 58.9 Å². The van der Waals surface area contributed by atoms with Gasteiger partial charge in [0.2, 0.25) is 5.91 Å². The molecule has 2 aliphatic rings. The van der Waals surface area contributed by atoms with E-state index in [0.717, 1.165) is 57.4 Å². The van der Waals surface area contributed by atoms with Gasteiger partial charge in [0.05, 0.1) is 6.54 Å². The minimum Gasteiger partial charge on any atom is -0.370 e. The Morgan fingerprint density at radius 1 is 1.12 bits per heavy atom. The van der Waals surface area contributed by atoms with Crippen LogP contribution in [0.4, 0.5) is 0 Å². The molecule has 0 unspecified atom stereocenters. The molecule has 2 fully saturated rings. The maximum atomic E-state index is 12.0. The second-order valence-corrected chi connectivity index (χ2v) is 8.89. The van der Waals surface area contributed by atoms with Crippen LogP contribution in [0.25, 0.3) is 0 Å². The molecule has 0 aromatic rings. The number of hydrogen-bond acceptors (Lipinski definition) is 3. The number of aliphatic imine (C=N–C) groups is 1. The van der Waals surface area contributed by atoms with Crippen LogP contribution in [-0.2, 0) is 4.79 Å².